The molecule has 1 spiro atoms. The van der Waals surface area contributed by atoms with Gasteiger partial charge >= 0.3 is 0 Å². The largest absolute Gasteiger partial charge is 0.381 e. The molecule has 2 N–H and O–H groups in total. The van der Waals surface area contributed by atoms with Crippen molar-refractivity contribution in [3.8, 4) is 0 Å². The highest BCUT2D eigenvalue weighted by atomic mass is 32.2. The van der Waals surface area contributed by atoms with Crippen LogP contribution < -0.4 is 5.14 Å². The van der Waals surface area contributed by atoms with Crippen LogP contribution in [0, 0.1) is 5.41 Å². The van der Waals surface area contributed by atoms with E-state index in [0.717, 1.165) is 32.1 Å². The first kappa shape index (κ1) is 10.4. The average molecular weight is 219 g/mol. The molecular weight excluding hydrogens is 202 g/mol. The van der Waals surface area contributed by atoms with Crippen molar-refractivity contribution in [3.05, 3.63) is 0 Å². The summed E-state index contributed by atoms with van der Waals surface area (Å²) in [6, 6.07) is 0. The minimum atomic E-state index is -3.37. The molecule has 1 aliphatic carbocycles. The Morgan fingerprint density at radius 1 is 1.21 bits per heavy atom. The highest BCUT2D eigenvalue weighted by Crippen LogP contribution is 2.48. The van der Waals surface area contributed by atoms with E-state index in [0.29, 0.717) is 13.2 Å². The Kier molecular flexibility index (Phi) is 2.57. The zero-order valence-electron chi connectivity index (χ0n) is 8.24. The van der Waals surface area contributed by atoms with Gasteiger partial charge in [0.1, 0.15) is 0 Å². The van der Waals surface area contributed by atoms with Crippen molar-refractivity contribution in [2.45, 2.75) is 37.4 Å². The van der Waals surface area contributed by atoms with Crippen molar-refractivity contribution in [1.82, 2.24) is 0 Å². The third-order valence-electron chi connectivity index (χ3n) is 3.71. The van der Waals surface area contributed by atoms with Gasteiger partial charge in [-0.1, -0.05) is 6.42 Å². The smallest absolute Gasteiger partial charge is 0.212 e. The van der Waals surface area contributed by atoms with Gasteiger partial charge in [0.15, 0.2) is 0 Å². The summed E-state index contributed by atoms with van der Waals surface area (Å²) in [5, 5.41) is 4.96. The predicted molar refractivity (Wildman–Crippen MR) is 53.2 cm³/mol. The van der Waals surface area contributed by atoms with Crippen LogP contribution in [-0.4, -0.2) is 26.9 Å². The number of hydrogen-bond acceptors (Lipinski definition) is 3. The van der Waals surface area contributed by atoms with Crippen LogP contribution in [0.25, 0.3) is 0 Å². The Balaban J connectivity index is 2.24. The van der Waals surface area contributed by atoms with Crippen molar-refractivity contribution in [2.24, 2.45) is 10.6 Å². The Labute approximate surface area is 84.9 Å². The number of ether oxygens (including phenoxy) is 1. The van der Waals surface area contributed by atoms with Gasteiger partial charge in [0.05, 0.1) is 5.25 Å². The predicted octanol–water partition coefficient (Wildman–Crippen LogP) is 0.624. The second-order valence-electron chi connectivity index (χ2n) is 4.44. The molecule has 0 radical (unpaired) electrons. The number of rotatable bonds is 1. The van der Waals surface area contributed by atoms with E-state index in [4.69, 9.17) is 9.88 Å². The van der Waals surface area contributed by atoms with Gasteiger partial charge in [-0.25, -0.2) is 13.6 Å². The first-order chi connectivity index (χ1) is 6.55. The van der Waals surface area contributed by atoms with Crippen molar-refractivity contribution in [1.29, 1.82) is 0 Å². The SMILES string of the molecule is NS(=O)(=O)C1CCCC12CCOCC2. The van der Waals surface area contributed by atoms with E-state index in [9.17, 15) is 8.42 Å². The summed E-state index contributed by atoms with van der Waals surface area (Å²) < 4.78 is 28.2. The third kappa shape index (κ3) is 1.68. The topological polar surface area (TPSA) is 69.4 Å². The lowest BCUT2D eigenvalue weighted by molar-refractivity contribution is 0.0196. The van der Waals surface area contributed by atoms with Gasteiger partial charge in [-0.2, -0.15) is 0 Å². The Bertz CT molecular complexity index is 306. The van der Waals surface area contributed by atoms with Gasteiger partial charge in [-0.3, -0.25) is 0 Å². The molecule has 82 valence electrons. The third-order valence-corrected chi connectivity index (χ3v) is 5.24. The fourth-order valence-corrected chi connectivity index (χ4v) is 4.51. The van der Waals surface area contributed by atoms with Crippen LogP contribution in [-0.2, 0) is 14.8 Å². The lowest BCUT2D eigenvalue weighted by Crippen LogP contribution is -2.43. The van der Waals surface area contributed by atoms with Crippen LogP contribution in [0.4, 0.5) is 0 Å². The van der Waals surface area contributed by atoms with Gasteiger partial charge in [0, 0.05) is 13.2 Å². The highest BCUT2D eigenvalue weighted by molar-refractivity contribution is 7.89. The first-order valence-electron chi connectivity index (χ1n) is 5.14. The monoisotopic (exact) mass is 219 g/mol. The molecule has 0 amide bonds. The maximum Gasteiger partial charge on any atom is 0.212 e. The molecule has 1 unspecified atom stereocenters. The van der Waals surface area contributed by atoms with E-state index in [1.165, 1.54) is 0 Å². The van der Waals surface area contributed by atoms with E-state index in [1.807, 2.05) is 0 Å². The van der Waals surface area contributed by atoms with Gasteiger partial charge in [-0.05, 0) is 31.1 Å². The molecule has 0 aromatic carbocycles. The van der Waals surface area contributed by atoms with Gasteiger partial charge in [-0.15, -0.1) is 0 Å². The fourth-order valence-electron chi connectivity index (χ4n) is 2.97. The van der Waals surface area contributed by atoms with Crippen LogP contribution in [0.5, 0.6) is 0 Å². The average Bonchev–Trinajstić information content (AvgIpc) is 2.49. The summed E-state index contributed by atoms with van der Waals surface area (Å²) in [7, 11) is -3.37. The van der Waals surface area contributed by atoms with E-state index >= 15 is 0 Å². The maximum absolute atomic E-state index is 11.4. The van der Waals surface area contributed by atoms with E-state index < -0.39 is 10.0 Å². The van der Waals surface area contributed by atoms with E-state index in [-0.39, 0.29) is 10.7 Å². The zero-order chi connectivity index (χ0) is 10.2. The lowest BCUT2D eigenvalue weighted by Gasteiger charge is -2.37. The van der Waals surface area contributed by atoms with Crippen LogP contribution in [0.2, 0.25) is 0 Å². The van der Waals surface area contributed by atoms with E-state index in [1.54, 1.807) is 0 Å². The molecule has 1 heterocycles. The molecule has 2 aliphatic rings. The normalized spacial score (nSPS) is 32.2. The zero-order valence-corrected chi connectivity index (χ0v) is 9.05. The molecule has 0 bridgehead atoms. The Hall–Kier alpha value is -0.130. The molecule has 0 aromatic heterocycles. The molecule has 0 aromatic rings. The molecule has 1 atom stereocenters. The molecule has 1 saturated heterocycles. The summed E-state index contributed by atoms with van der Waals surface area (Å²) in [4.78, 5) is 0. The van der Waals surface area contributed by atoms with Crippen LogP contribution in [0.1, 0.15) is 32.1 Å². The minimum absolute atomic E-state index is 0.0637. The van der Waals surface area contributed by atoms with Gasteiger partial charge < -0.3 is 4.74 Å². The summed E-state index contributed by atoms with van der Waals surface area (Å²) >= 11 is 0. The first-order valence-corrected chi connectivity index (χ1v) is 6.75. The molecule has 2 fully saturated rings. The lowest BCUT2D eigenvalue weighted by atomic mass is 9.78. The van der Waals surface area contributed by atoms with Crippen LogP contribution >= 0.6 is 0 Å². The van der Waals surface area contributed by atoms with Crippen LogP contribution in [0.3, 0.4) is 0 Å². The quantitative estimate of drug-likeness (QED) is 0.703. The number of primary sulfonamides is 1. The van der Waals surface area contributed by atoms with Gasteiger partial charge in [0.2, 0.25) is 10.0 Å². The molecule has 1 aliphatic heterocycles. The summed E-state index contributed by atoms with van der Waals surface area (Å²) in [5.74, 6) is 0. The van der Waals surface area contributed by atoms with Crippen molar-refractivity contribution >= 4 is 10.0 Å². The minimum Gasteiger partial charge on any atom is -0.381 e. The van der Waals surface area contributed by atoms with Crippen molar-refractivity contribution in [3.63, 3.8) is 0 Å². The Morgan fingerprint density at radius 2 is 1.86 bits per heavy atom. The second kappa shape index (κ2) is 3.47. The van der Waals surface area contributed by atoms with Crippen LogP contribution in [0.15, 0.2) is 0 Å². The summed E-state index contributed by atoms with van der Waals surface area (Å²) in [6.45, 7) is 1.37. The molecule has 14 heavy (non-hydrogen) atoms. The standard InChI is InChI=1S/C9H17NO3S/c10-14(11,12)8-2-1-3-9(8)4-6-13-7-5-9/h8H,1-7H2,(H2,10,11,12). The molecule has 5 heteroatoms. The second-order valence-corrected chi connectivity index (χ2v) is 6.19. The van der Waals surface area contributed by atoms with Gasteiger partial charge in [0.25, 0.3) is 0 Å². The number of nitrogens with two attached hydrogens (primary N) is 1. The van der Waals surface area contributed by atoms with Crippen molar-refractivity contribution in [2.75, 3.05) is 13.2 Å². The molecule has 1 saturated carbocycles. The Morgan fingerprint density at radius 3 is 2.43 bits per heavy atom. The number of sulfonamides is 1. The summed E-state index contributed by atoms with van der Waals surface area (Å²) in [5.41, 5.74) is -0.0637. The summed E-state index contributed by atoms with van der Waals surface area (Å²) in [6.07, 6.45) is 4.43. The number of hydrogen-bond donors (Lipinski definition) is 1. The van der Waals surface area contributed by atoms with Crippen molar-refractivity contribution < 1.29 is 13.2 Å². The maximum atomic E-state index is 11.4. The molecule has 4 nitrogen and oxygen atoms in total. The molecular formula is C9H17NO3S. The highest BCUT2D eigenvalue weighted by Gasteiger charge is 2.48. The van der Waals surface area contributed by atoms with E-state index in [2.05, 4.69) is 0 Å². The fraction of sp³-hybridized carbons (Fsp3) is 1.00. The molecule has 2 rings (SSSR count).